The molecule has 104 valence electrons. The van der Waals surface area contributed by atoms with Crippen molar-refractivity contribution in [2.75, 3.05) is 6.61 Å². The molecule has 1 unspecified atom stereocenters. The van der Waals surface area contributed by atoms with Crippen LogP contribution in [-0.4, -0.2) is 26.6 Å². The molecule has 1 aromatic heterocycles. The second-order valence-corrected chi connectivity index (χ2v) is 6.56. The number of nitrogens with zero attached hydrogens (tertiary/aromatic N) is 2. The van der Waals surface area contributed by atoms with Gasteiger partial charge in [0.25, 0.3) is 0 Å². The van der Waals surface area contributed by atoms with Crippen LogP contribution in [0.25, 0.3) is 0 Å². The molecule has 1 aliphatic heterocycles. The van der Waals surface area contributed by atoms with E-state index in [1.54, 1.807) is 11.8 Å². The predicted molar refractivity (Wildman–Crippen MR) is 79.1 cm³/mol. The number of thioether (sulfide) groups is 1. The van der Waals surface area contributed by atoms with Crippen molar-refractivity contribution < 1.29 is 5.11 Å². The first-order valence-electron chi connectivity index (χ1n) is 6.41. The van der Waals surface area contributed by atoms with Gasteiger partial charge in [-0.25, -0.2) is 0 Å². The monoisotopic (exact) mass is 279 g/mol. The molecule has 5 heteroatoms. The molecule has 19 heavy (non-hydrogen) atoms. The van der Waals surface area contributed by atoms with Gasteiger partial charge in [0.15, 0.2) is 0 Å². The van der Waals surface area contributed by atoms with E-state index in [-0.39, 0.29) is 6.61 Å². The Labute approximate surface area is 118 Å². The van der Waals surface area contributed by atoms with Crippen LogP contribution < -0.4 is 5.73 Å². The molecular weight excluding hydrogens is 258 g/mol. The number of aliphatic hydroxyl groups excluding tert-OH is 1. The Morgan fingerprint density at radius 1 is 1.42 bits per heavy atom. The molecule has 0 fully saturated rings. The second-order valence-electron chi connectivity index (χ2n) is 5.03. The van der Waals surface area contributed by atoms with Gasteiger partial charge in [0.2, 0.25) is 0 Å². The molecule has 3 N–H and O–H groups in total. The molecule has 1 atom stereocenters. The number of aryl methyl sites for hydroxylation is 1. The summed E-state index contributed by atoms with van der Waals surface area (Å²) in [7, 11) is 0. The minimum absolute atomic E-state index is 0.162. The van der Waals surface area contributed by atoms with Gasteiger partial charge in [0, 0.05) is 42.1 Å². The Bertz CT molecular complexity index is 482. The van der Waals surface area contributed by atoms with Crippen LogP contribution in [0.4, 0.5) is 0 Å². The van der Waals surface area contributed by atoms with E-state index in [2.05, 4.69) is 22.9 Å². The van der Waals surface area contributed by atoms with E-state index in [0.717, 1.165) is 23.5 Å². The van der Waals surface area contributed by atoms with Gasteiger partial charge in [-0.3, -0.25) is 10.7 Å². The van der Waals surface area contributed by atoms with Crippen LogP contribution in [0.15, 0.2) is 28.9 Å². The van der Waals surface area contributed by atoms with Crippen LogP contribution in [-0.2, 0) is 6.54 Å². The maximum absolute atomic E-state index is 9.10. The fourth-order valence-corrected chi connectivity index (χ4v) is 3.51. The van der Waals surface area contributed by atoms with E-state index in [0.29, 0.717) is 6.42 Å². The predicted octanol–water partition coefficient (Wildman–Crippen LogP) is 2.19. The molecule has 0 aromatic carbocycles. The minimum Gasteiger partial charge on any atom is -0.396 e. The zero-order valence-corrected chi connectivity index (χ0v) is 12.5. The Morgan fingerprint density at radius 2 is 2.16 bits per heavy atom. The number of rotatable bonds is 4. The second kappa shape index (κ2) is 5.53. The zero-order chi connectivity index (χ0) is 14.0. The van der Waals surface area contributed by atoms with Crippen LogP contribution in [0.3, 0.4) is 0 Å². The number of nitrogens with two attached hydrogens (primary N) is 1. The summed E-state index contributed by atoms with van der Waals surface area (Å²) in [5.74, 6) is 0. The van der Waals surface area contributed by atoms with Crippen molar-refractivity contribution in [1.82, 2.24) is 9.88 Å². The standard InChI is InChI=1S/C14H21N3OS/c1-10-4-5-12(8-16-10)9-17-11(2)13(6-7-18)19-14(17,3)15/h4-5,8,18H,6-7,9,15H2,1-3H3. The fourth-order valence-electron chi connectivity index (χ4n) is 2.25. The number of aliphatic hydroxyl groups is 1. The summed E-state index contributed by atoms with van der Waals surface area (Å²) < 4.78 is 0. The van der Waals surface area contributed by atoms with E-state index < -0.39 is 4.99 Å². The first-order valence-corrected chi connectivity index (χ1v) is 7.23. The molecular formula is C14H21N3OS. The van der Waals surface area contributed by atoms with Crippen molar-refractivity contribution in [2.45, 2.75) is 38.7 Å². The van der Waals surface area contributed by atoms with Gasteiger partial charge in [-0.2, -0.15) is 0 Å². The molecule has 0 radical (unpaired) electrons. The lowest BCUT2D eigenvalue weighted by atomic mass is 10.2. The number of hydrogen-bond donors (Lipinski definition) is 2. The van der Waals surface area contributed by atoms with Crippen LogP contribution in [0.2, 0.25) is 0 Å². The summed E-state index contributed by atoms with van der Waals surface area (Å²) in [4.78, 5) is 7.21. The molecule has 1 aliphatic rings. The SMILES string of the molecule is CC1=C(CCO)SC(C)(N)N1Cc1ccc(C)nc1. The van der Waals surface area contributed by atoms with E-state index in [1.165, 1.54) is 4.91 Å². The summed E-state index contributed by atoms with van der Waals surface area (Å²) in [6, 6.07) is 4.10. The zero-order valence-electron chi connectivity index (χ0n) is 11.7. The average molecular weight is 279 g/mol. The highest BCUT2D eigenvalue weighted by molar-refractivity contribution is 8.04. The fraction of sp³-hybridized carbons (Fsp3) is 0.500. The lowest BCUT2D eigenvalue weighted by molar-refractivity contribution is 0.241. The van der Waals surface area contributed by atoms with Crippen LogP contribution >= 0.6 is 11.8 Å². The highest BCUT2D eigenvalue weighted by Gasteiger charge is 2.37. The van der Waals surface area contributed by atoms with Gasteiger partial charge in [-0.05, 0) is 32.4 Å². The number of pyridine rings is 1. The molecule has 2 heterocycles. The lowest BCUT2D eigenvalue weighted by Crippen LogP contribution is -2.46. The third-order valence-corrected chi connectivity index (χ3v) is 4.71. The van der Waals surface area contributed by atoms with Gasteiger partial charge >= 0.3 is 0 Å². The molecule has 0 amide bonds. The molecule has 0 aliphatic carbocycles. The molecule has 0 bridgehead atoms. The molecule has 1 aromatic rings. The molecule has 0 spiro atoms. The van der Waals surface area contributed by atoms with Crippen LogP contribution in [0.5, 0.6) is 0 Å². The van der Waals surface area contributed by atoms with Crippen molar-refractivity contribution >= 4 is 11.8 Å². The first kappa shape index (κ1) is 14.4. The quantitative estimate of drug-likeness (QED) is 0.884. The Morgan fingerprint density at radius 3 is 2.74 bits per heavy atom. The number of aromatic nitrogens is 1. The van der Waals surface area contributed by atoms with E-state index >= 15 is 0 Å². The van der Waals surface area contributed by atoms with Gasteiger partial charge in [0.1, 0.15) is 4.99 Å². The van der Waals surface area contributed by atoms with Gasteiger partial charge in [-0.15, -0.1) is 0 Å². The van der Waals surface area contributed by atoms with Crippen molar-refractivity contribution in [2.24, 2.45) is 5.73 Å². The lowest BCUT2D eigenvalue weighted by Gasteiger charge is -2.33. The molecule has 4 nitrogen and oxygen atoms in total. The Hall–Kier alpha value is -1.04. The average Bonchev–Trinajstić information content (AvgIpc) is 2.56. The smallest absolute Gasteiger partial charge is 0.138 e. The maximum atomic E-state index is 9.10. The van der Waals surface area contributed by atoms with E-state index in [9.17, 15) is 0 Å². The van der Waals surface area contributed by atoms with Gasteiger partial charge in [0.05, 0.1) is 0 Å². The van der Waals surface area contributed by atoms with Crippen LogP contribution in [0.1, 0.15) is 31.5 Å². The number of allylic oxidation sites excluding steroid dienone is 1. The Kier molecular flexibility index (Phi) is 4.18. The third-order valence-electron chi connectivity index (χ3n) is 3.33. The summed E-state index contributed by atoms with van der Waals surface area (Å²) in [5, 5.41) is 9.10. The van der Waals surface area contributed by atoms with E-state index in [1.807, 2.05) is 26.1 Å². The topological polar surface area (TPSA) is 62.4 Å². The molecule has 0 saturated carbocycles. The van der Waals surface area contributed by atoms with Gasteiger partial charge < -0.3 is 10.0 Å². The van der Waals surface area contributed by atoms with Gasteiger partial charge in [-0.1, -0.05) is 17.8 Å². The molecule has 0 saturated heterocycles. The van der Waals surface area contributed by atoms with E-state index in [4.69, 9.17) is 10.8 Å². The number of hydrogen-bond acceptors (Lipinski definition) is 5. The van der Waals surface area contributed by atoms with Crippen molar-refractivity contribution in [3.63, 3.8) is 0 Å². The first-order chi connectivity index (χ1) is 8.94. The summed E-state index contributed by atoms with van der Waals surface area (Å²) in [5.41, 5.74) is 9.68. The minimum atomic E-state index is -0.459. The maximum Gasteiger partial charge on any atom is 0.138 e. The summed E-state index contributed by atoms with van der Waals surface area (Å²) in [6.07, 6.45) is 2.57. The van der Waals surface area contributed by atoms with Crippen molar-refractivity contribution in [3.05, 3.63) is 40.2 Å². The van der Waals surface area contributed by atoms with Crippen LogP contribution in [0, 0.1) is 6.92 Å². The summed E-state index contributed by atoms with van der Waals surface area (Å²) in [6.45, 7) is 6.96. The summed E-state index contributed by atoms with van der Waals surface area (Å²) >= 11 is 1.63. The largest absolute Gasteiger partial charge is 0.396 e. The van der Waals surface area contributed by atoms with Crippen molar-refractivity contribution in [3.8, 4) is 0 Å². The molecule has 2 rings (SSSR count). The highest BCUT2D eigenvalue weighted by atomic mass is 32.2. The van der Waals surface area contributed by atoms with Crippen molar-refractivity contribution in [1.29, 1.82) is 0 Å². The normalized spacial score (nSPS) is 23.3. The Balaban J connectivity index is 2.19. The highest BCUT2D eigenvalue weighted by Crippen LogP contribution is 2.44. The third kappa shape index (κ3) is 3.11.